The number of fused-ring (bicyclic) bond motifs is 1. The van der Waals surface area contributed by atoms with Gasteiger partial charge in [0.15, 0.2) is 0 Å². The molecule has 0 aromatic carbocycles. The second-order valence-electron chi connectivity index (χ2n) is 5.66. The largest absolute Gasteiger partial charge is 0.477 e. The number of rotatable bonds is 6. The number of carbonyl (C=O) groups is 3. The quantitative estimate of drug-likeness (QED) is 0.565. The first-order chi connectivity index (χ1) is 9.84. The summed E-state index contributed by atoms with van der Waals surface area (Å²) in [6.45, 7) is 5.91. The van der Waals surface area contributed by atoms with Crippen molar-refractivity contribution in [2.75, 3.05) is 12.3 Å². The number of carbonyl (C=O) groups excluding carboxylic acids is 2. The van der Waals surface area contributed by atoms with E-state index in [9.17, 15) is 19.5 Å². The van der Waals surface area contributed by atoms with Gasteiger partial charge in [-0.05, 0) is 5.92 Å². The number of nitrogens with one attached hydrogen (secondary N) is 1. The lowest BCUT2D eigenvalue weighted by Gasteiger charge is -2.45. The zero-order chi connectivity index (χ0) is 15.7. The van der Waals surface area contributed by atoms with Gasteiger partial charge in [-0.15, -0.1) is 11.8 Å². The summed E-state index contributed by atoms with van der Waals surface area (Å²) in [5.41, 5.74) is 0.134. The van der Waals surface area contributed by atoms with E-state index in [2.05, 4.69) is 5.32 Å². The summed E-state index contributed by atoms with van der Waals surface area (Å²) in [5.74, 6) is -0.481. The van der Waals surface area contributed by atoms with Gasteiger partial charge in [-0.25, -0.2) is 4.79 Å². The molecule has 116 valence electrons. The zero-order valence-corrected chi connectivity index (χ0v) is 13.2. The smallest absolute Gasteiger partial charge is 0.353 e. The lowest BCUT2D eigenvalue weighted by Crippen LogP contribution is -2.60. The Morgan fingerprint density at radius 1 is 1.48 bits per heavy atom. The molecule has 0 radical (unpaired) electrons. The first-order valence-electron chi connectivity index (χ1n) is 7.01. The lowest BCUT2D eigenvalue weighted by atomic mass is 9.79. The number of thioether (sulfide) groups is 1. The molecule has 1 fully saturated rings. The average Bonchev–Trinajstić information content (AvgIpc) is 2.68. The maximum absolute atomic E-state index is 12.1. The fourth-order valence-corrected chi connectivity index (χ4v) is 4.02. The fourth-order valence-electron chi connectivity index (χ4n) is 2.96. The molecular weight excluding hydrogens is 292 g/mol. The third-order valence-electron chi connectivity index (χ3n) is 3.84. The minimum atomic E-state index is -1.05. The van der Waals surface area contributed by atoms with Crippen LogP contribution in [-0.2, 0) is 14.4 Å². The van der Waals surface area contributed by atoms with Gasteiger partial charge in [0.25, 0.3) is 0 Å². The molecule has 0 aliphatic carbocycles. The first-order valence-corrected chi connectivity index (χ1v) is 8.00. The molecule has 7 heteroatoms. The molecule has 6 nitrogen and oxygen atoms in total. The van der Waals surface area contributed by atoms with Crippen LogP contribution in [0.3, 0.4) is 0 Å². The first kappa shape index (κ1) is 15.9. The number of amides is 2. The number of carboxylic acid groups (broad SMARTS) is 1. The molecule has 0 aromatic heterocycles. The summed E-state index contributed by atoms with van der Waals surface area (Å²) in [7, 11) is 0. The Balaban J connectivity index is 2.04. The van der Waals surface area contributed by atoms with E-state index in [0.29, 0.717) is 18.7 Å². The van der Waals surface area contributed by atoms with Gasteiger partial charge in [0.1, 0.15) is 5.70 Å². The van der Waals surface area contributed by atoms with Crippen molar-refractivity contribution in [2.24, 2.45) is 11.8 Å². The predicted molar refractivity (Wildman–Crippen MR) is 79.4 cm³/mol. The highest BCUT2D eigenvalue weighted by molar-refractivity contribution is 8.03. The van der Waals surface area contributed by atoms with E-state index in [4.69, 9.17) is 0 Å². The van der Waals surface area contributed by atoms with E-state index in [-0.39, 0.29) is 35.4 Å². The summed E-state index contributed by atoms with van der Waals surface area (Å²) >= 11 is 1.42. The molecule has 2 atom stereocenters. The van der Waals surface area contributed by atoms with Crippen LogP contribution in [0.4, 0.5) is 0 Å². The van der Waals surface area contributed by atoms with Crippen LogP contribution in [-0.4, -0.2) is 46.1 Å². The van der Waals surface area contributed by atoms with Gasteiger partial charge < -0.3 is 15.3 Å². The van der Waals surface area contributed by atoms with Crippen molar-refractivity contribution >= 4 is 29.5 Å². The summed E-state index contributed by atoms with van der Waals surface area (Å²) in [5, 5.41) is 12.0. The highest BCUT2D eigenvalue weighted by atomic mass is 32.2. The van der Waals surface area contributed by atoms with Gasteiger partial charge in [-0.1, -0.05) is 13.8 Å². The second kappa shape index (κ2) is 6.09. The van der Waals surface area contributed by atoms with Crippen LogP contribution in [0.2, 0.25) is 0 Å². The van der Waals surface area contributed by atoms with Gasteiger partial charge in [-0.3, -0.25) is 9.59 Å². The molecule has 2 rings (SSSR count). The van der Waals surface area contributed by atoms with Gasteiger partial charge in [0.2, 0.25) is 11.8 Å². The van der Waals surface area contributed by atoms with Crippen LogP contribution < -0.4 is 5.32 Å². The molecule has 0 aromatic rings. The van der Waals surface area contributed by atoms with Crippen molar-refractivity contribution < 1.29 is 19.5 Å². The monoisotopic (exact) mass is 312 g/mol. The Hall–Kier alpha value is -1.50. The molecule has 2 heterocycles. The van der Waals surface area contributed by atoms with E-state index < -0.39 is 5.97 Å². The molecule has 0 saturated carbocycles. The summed E-state index contributed by atoms with van der Waals surface area (Å²) in [6, 6.07) is -0.00753. The highest BCUT2D eigenvalue weighted by Gasteiger charge is 2.55. The Bertz CT molecular complexity index is 515. The lowest BCUT2D eigenvalue weighted by molar-refractivity contribution is -0.157. The minimum Gasteiger partial charge on any atom is -0.477 e. The summed E-state index contributed by atoms with van der Waals surface area (Å²) in [6.07, 6.45) is 0.612. The van der Waals surface area contributed by atoms with Crippen molar-refractivity contribution in [2.45, 2.75) is 33.2 Å². The maximum Gasteiger partial charge on any atom is 0.353 e. The van der Waals surface area contributed by atoms with Crippen molar-refractivity contribution in [1.29, 1.82) is 0 Å². The Morgan fingerprint density at radius 3 is 2.67 bits per heavy atom. The third-order valence-corrected chi connectivity index (χ3v) is 4.96. The van der Waals surface area contributed by atoms with Crippen molar-refractivity contribution in [3.8, 4) is 0 Å². The molecule has 2 amide bonds. The molecule has 2 N–H and O–H groups in total. The van der Waals surface area contributed by atoms with Gasteiger partial charge in [0, 0.05) is 30.5 Å². The molecule has 21 heavy (non-hydrogen) atoms. The van der Waals surface area contributed by atoms with E-state index in [1.54, 1.807) is 0 Å². The number of aliphatic carboxylic acids is 1. The summed E-state index contributed by atoms with van der Waals surface area (Å²) < 4.78 is 0. The fraction of sp³-hybridized carbons (Fsp3) is 0.643. The minimum absolute atomic E-state index is 0.00753. The number of nitrogens with zero attached hydrogens (tertiary/aromatic N) is 1. The molecule has 0 bridgehead atoms. The second-order valence-corrected chi connectivity index (χ2v) is 6.85. The van der Waals surface area contributed by atoms with E-state index in [1.807, 2.05) is 13.8 Å². The number of carboxylic acids is 1. The topological polar surface area (TPSA) is 86.7 Å². The van der Waals surface area contributed by atoms with Crippen LogP contribution in [0.5, 0.6) is 0 Å². The maximum atomic E-state index is 12.1. The predicted octanol–water partition coefficient (Wildman–Crippen LogP) is 1.04. The van der Waals surface area contributed by atoms with Crippen molar-refractivity contribution in [1.82, 2.24) is 10.2 Å². The Labute approximate surface area is 127 Å². The van der Waals surface area contributed by atoms with Gasteiger partial charge in [-0.2, -0.15) is 0 Å². The number of β-lactam (4-membered cyclic amide) rings is 1. The molecule has 1 saturated heterocycles. The number of hydrogen-bond acceptors (Lipinski definition) is 4. The molecule has 0 spiro atoms. The van der Waals surface area contributed by atoms with E-state index in [0.717, 1.165) is 4.91 Å². The summed E-state index contributed by atoms with van der Waals surface area (Å²) in [4.78, 5) is 36.5. The van der Waals surface area contributed by atoms with Gasteiger partial charge >= 0.3 is 5.97 Å². The molecule has 2 unspecified atom stereocenters. The van der Waals surface area contributed by atoms with E-state index >= 15 is 0 Å². The Morgan fingerprint density at radius 2 is 2.14 bits per heavy atom. The normalized spacial score (nSPS) is 24.2. The SMILES string of the molecule is CC(=O)NCCSC1=C(C(=O)O)N2C(=O)C(C(C)C)C2C1. The van der Waals surface area contributed by atoms with Crippen molar-refractivity contribution in [3.05, 3.63) is 10.6 Å². The third kappa shape index (κ3) is 2.92. The zero-order valence-electron chi connectivity index (χ0n) is 12.4. The van der Waals surface area contributed by atoms with Crippen LogP contribution in [0.25, 0.3) is 0 Å². The van der Waals surface area contributed by atoms with Crippen LogP contribution >= 0.6 is 11.8 Å². The number of hydrogen-bond donors (Lipinski definition) is 2. The van der Waals surface area contributed by atoms with Crippen LogP contribution in [0, 0.1) is 11.8 Å². The Kier molecular flexibility index (Phi) is 4.61. The molecule has 2 aliphatic rings. The van der Waals surface area contributed by atoms with Gasteiger partial charge in [0.05, 0.1) is 12.0 Å². The van der Waals surface area contributed by atoms with E-state index in [1.165, 1.54) is 23.6 Å². The van der Waals surface area contributed by atoms with Crippen LogP contribution in [0.1, 0.15) is 27.2 Å². The average molecular weight is 312 g/mol. The highest BCUT2D eigenvalue weighted by Crippen LogP contribution is 2.48. The van der Waals surface area contributed by atoms with Crippen molar-refractivity contribution in [3.63, 3.8) is 0 Å². The van der Waals surface area contributed by atoms with Crippen LogP contribution in [0.15, 0.2) is 10.6 Å². The molecule has 2 aliphatic heterocycles. The standard InChI is InChI=1S/C14H20N2O4S/c1-7(2)11-9-6-10(21-5-4-15-8(3)17)12(14(19)20)16(9)13(11)18/h7,9,11H,4-6H2,1-3H3,(H,15,17)(H,19,20). The molecular formula is C14H20N2O4S.